The van der Waals surface area contributed by atoms with Gasteiger partial charge in [-0.2, -0.15) is 0 Å². The van der Waals surface area contributed by atoms with Crippen LogP contribution in [0.5, 0.6) is 0 Å². The van der Waals surface area contributed by atoms with Crippen molar-refractivity contribution in [1.29, 1.82) is 0 Å². The number of hydrogen-bond acceptors (Lipinski definition) is 3. The highest BCUT2D eigenvalue weighted by Gasteiger charge is 2.15. The van der Waals surface area contributed by atoms with E-state index < -0.39 is 11.7 Å². The zero-order valence-corrected chi connectivity index (χ0v) is 15.7. The topological polar surface area (TPSA) is 50.4 Å². The molecule has 0 saturated carbocycles. The van der Waals surface area contributed by atoms with Crippen LogP contribution in [-0.2, 0) is 11.3 Å². The molecular formula is C21H28N2O2. The van der Waals surface area contributed by atoms with Crippen molar-refractivity contribution in [3.8, 4) is 0 Å². The van der Waals surface area contributed by atoms with Gasteiger partial charge in [-0.25, -0.2) is 4.79 Å². The van der Waals surface area contributed by atoms with Crippen molar-refractivity contribution in [2.24, 2.45) is 0 Å². The van der Waals surface area contributed by atoms with Crippen LogP contribution in [0.25, 0.3) is 0 Å². The quantitative estimate of drug-likeness (QED) is 0.787. The lowest BCUT2D eigenvalue weighted by Gasteiger charge is -2.20. The van der Waals surface area contributed by atoms with Gasteiger partial charge in [0.1, 0.15) is 5.60 Å². The van der Waals surface area contributed by atoms with Gasteiger partial charge in [-0.15, -0.1) is 0 Å². The second-order valence-electron chi connectivity index (χ2n) is 7.33. The fraction of sp³-hybridized carbons (Fsp3) is 0.381. The van der Waals surface area contributed by atoms with Crippen LogP contribution in [0, 0.1) is 6.92 Å². The van der Waals surface area contributed by atoms with E-state index >= 15 is 0 Å². The zero-order valence-electron chi connectivity index (χ0n) is 15.7. The van der Waals surface area contributed by atoms with Gasteiger partial charge in [-0.05, 0) is 57.9 Å². The number of ether oxygens (including phenoxy) is 1. The van der Waals surface area contributed by atoms with Crippen LogP contribution < -0.4 is 10.6 Å². The van der Waals surface area contributed by atoms with Crippen molar-refractivity contribution in [2.75, 3.05) is 5.32 Å². The van der Waals surface area contributed by atoms with Crippen molar-refractivity contribution in [3.05, 3.63) is 65.2 Å². The monoisotopic (exact) mass is 340 g/mol. The summed E-state index contributed by atoms with van der Waals surface area (Å²) >= 11 is 0. The molecule has 1 unspecified atom stereocenters. The Kier molecular flexibility index (Phi) is 6.07. The minimum atomic E-state index is -0.489. The zero-order chi connectivity index (χ0) is 18.4. The Morgan fingerprint density at radius 1 is 1.12 bits per heavy atom. The summed E-state index contributed by atoms with van der Waals surface area (Å²) in [6.45, 7) is 10.2. The average Bonchev–Trinajstić information content (AvgIpc) is 2.52. The van der Waals surface area contributed by atoms with Gasteiger partial charge in [-0.3, -0.25) is 0 Å². The van der Waals surface area contributed by atoms with E-state index in [0.717, 1.165) is 11.3 Å². The molecule has 2 rings (SSSR count). The number of anilines is 1. The number of amides is 1. The summed E-state index contributed by atoms with van der Waals surface area (Å²) in [4.78, 5) is 11.8. The number of benzene rings is 2. The Hall–Kier alpha value is -2.49. The summed E-state index contributed by atoms with van der Waals surface area (Å²) in [5.41, 5.74) is 4.05. The van der Waals surface area contributed by atoms with E-state index in [1.165, 1.54) is 11.1 Å². The molecular weight excluding hydrogens is 312 g/mol. The molecule has 0 aliphatic carbocycles. The largest absolute Gasteiger partial charge is 0.444 e. The van der Waals surface area contributed by atoms with E-state index in [0.29, 0.717) is 6.54 Å². The molecule has 1 atom stereocenters. The smallest absolute Gasteiger partial charge is 0.407 e. The van der Waals surface area contributed by atoms with Crippen molar-refractivity contribution in [1.82, 2.24) is 5.32 Å². The summed E-state index contributed by atoms with van der Waals surface area (Å²) < 4.78 is 5.26. The first kappa shape index (κ1) is 18.8. The minimum Gasteiger partial charge on any atom is -0.444 e. The molecule has 0 aliphatic heterocycles. The van der Waals surface area contributed by atoms with Gasteiger partial charge >= 0.3 is 6.09 Å². The van der Waals surface area contributed by atoms with Crippen LogP contribution in [0.15, 0.2) is 48.5 Å². The number of carbonyl (C=O) groups is 1. The molecule has 4 nitrogen and oxygen atoms in total. The van der Waals surface area contributed by atoms with Crippen molar-refractivity contribution >= 4 is 11.8 Å². The lowest BCUT2D eigenvalue weighted by atomic mass is 10.1. The SMILES string of the molecule is Cc1ccc(C(C)Nc2cccc(CNC(=O)OC(C)(C)C)c2)cc1. The summed E-state index contributed by atoms with van der Waals surface area (Å²) in [5, 5.41) is 6.28. The van der Waals surface area contributed by atoms with E-state index in [9.17, 15) is 4.79 Å². The second kappa shape index (κ2) is 8.06. The van der Waals surface area contributed by atoms with E-state index in [1.54, 1.807) is 0 Å². The predicted octanol–water partition coefficient (Wildman–Crippen LogP) is 5.19. The van der Waals surface area contributed by atoms with Crippen LogP contribution in [0.3, 0.4) is 0 Å². The number of alkyl carbamates (subject to hydrolysis) is 1. The third-order valence-corrected chi connectivity index (χ3v) is 3.72. The van der Waals surface area contributed by atoms with Crippen LogP contribution in [0.1, 0.15) is 50.4 Å². The summed E-state index contributed by atoms with van der Waals surface area (Å²) in [7, 11) is 0. The fourth-order valence-corrected chi connectivity index (χ4v) is 2.45. The lowest BCUT2D eigenvalue weighted by Crippen LogP contribution is -2.32. The molecule has 4 heteroatoms. The predicted molar refractivity (Wildman–Crippen MR) is 103 cm³/mol. The highest BCUT2D eigenvalue weighted by atomic mass is 16.6. The molecule has 0 fully saturated rings. The number of rotatable bonds is 5. The average molecular weight is 340 g/mol. The normalized spacial score (nSPS) is 12.4. The maximum Gasteiger partial charge on any atom is 0.407 e. The molecule has 25 heavy (non-hydrogen) atoms. The summed E-state index contributed by atoms with van der Waals surface area (Å²) in [6.07, 6.45) is -0.404. The standard InChI is InChI=1S/C21H28N2O2/c1-15-9-11-18(12-10-15)16(2)23-19-8-6-7-17(13-19)14-22-20(24)25-21(3,4)5/h6-13,16,23H,14H2,1-5H3,(H,22,24). The molecule has 2 aromatic carbocycles. The number of aryl methyl sites for hydroxylation is 1. The molecule has 0 aromatic heterocycles. The molecule has 2 aromatic rings. The maximum atomic E-state index is 11.8. The van der Waals surface area contributed by atoms with Gasteiger partial charge < -0.3 is 15.4 Å². The summed E-state index contributed by atoms with van der Waals surface area (Å²) in [5.74, 6) is 0. The van der Waals surface area contributed by atoms with Gasteiger partial charge in [0.25, 0.3) is 0 Å². The first-order chi connectivity index (χ1) is 11.7. The maximum absolute atomic E-state index is 11.8. The second-order valence-corrected chi connectivity index (χ2v) is 7.33. The van der Waals surface area contributed by atoms with E-state index in [-0.39, 0.29) is 6.04 Å². The highest BCUT2D eigenvalue weighted by Crippen LogP contribution is 2.20. The Morgan fingerprint density at radius 2 is 1.80 bits per heavy atom. The van der Waals surface area contributed by atoms with Crippen molar-refractivity contribution in [3.63, 3.8) is 0 Å². The third kappa shape index (κ3) is 6.49. The number of hydrogen-bond donors (Lipinski definition) is 2. The van der Waals surface area contributed by atoms with Gasteiger partial charge in [-0.1, -0.05) is 42.0 Å². The lowest BCUT2D eigenvalue weighted by molar-refractivity contribution is 0.0523. The molecule has 0 bridgehead atoms. The van der Waals surface area contributed by atoms with Crippen LogP contribution in [0.4, 0.5) is 10.5 Å². The fourth-order valence-electron chi connectivity index (χ4n) is 2.45. The molecule has 0 radical (unpaired) electrons. The Balaban J connectivity index is 1.94. The molecule has 0 saturated heterocycles. The first-order valence-electron chi connectivity index (χ1n) is 8.62. The van der Waals surface area contributed by atoms with Gasteiger partial charge in [0, 0.05) is 18.3 Å². The van der Waals surface area contributed by atoms with Gasteiger partial charge in [0.05, 0.1) is 0 Å². The van der Waals surface area contributed by atoms with Gasteiger partial charge in [0.15, 0.2) is 0 Å². The summed E-state index contributed by atoms with van der Waals surface area (Å²) in [6, 6.07) is 16.8. The van der Waals surface area contributed by atoms with Crippen LogP contribution in [0.2, 0.25) is 0 Å². The highest BCUT2D eigenvalue weighted by molar-refractivity contribution is 5.67. The van der Waals surface area contributed by atoms with Gasteiger partial charge in [0.2, 0.25) is 0 Å². The molecule has 0 spiro atoms. The van der Waals surface area contributed by atoms with Crippen molar-refractivity contribution in [2.45, 2.75) is 52.8 Å². The van der Waals surface area contributed by atoms with E-state index in [2.05, 4.69) is 48.7 Å². The minimum absolute atomic E-state index is 0.203. The molecule has 2 N–H and O–H groups in total. The third-order valence-electron chi connectivity index (χ3n) is 3.72. The molecule has 1 amide bonds. The van der Waals surface area contributed by atoms with E-state index in [4.69, 9.17) is 4.74 Å². The Bertz CT molecular complexity index is 703. The van der Waals surface area contributed by atoms with Crippen molar-refractivity contribution < 1.29 is 9.53 Å². The number of carbonyl (C=O) groups excluding carboxylic acids is 1. The van der Waals surface area contributed by atoms with E-state index in [1.807, 2.05) is 45.0 Å². The molecule has 0 aliphatic rings. The molecule has 0 heterocycles. The number of nitrogens with one attached hydrogen (secondary N) is 2. The molecule has 134 valence electrons. The Labute approximate surface area is 150 Å². The van der Waals surface area contributed by atoms with Crippen LogP contribution in [-0.4, -0.2) is 11.7 Å². The Morgan fingerprint density at radius 3 is 2.44 bits per heavy atom. The van der Waals surface area contributed by atoms with Crippen LogP contribution >= 0.6 is 0 Å². The first-order valence-corrected chi connectivity index (χ1v) is 8.62.